The average Bonchev–Trinajstić information content (AvgIpc) is 3.28. The first-order valence-corrected chi connectivity index (χ1v) is 6.65. The molecule has 1 saturated carbocycles. The molecule has 19 heavy (non-hydrogen) atoms. The summed E-state index contributed by atoms with van der Waals surface area (Å²) in [5.41, 5.74) is 0.931. The van der Waals surface area contributed by atoms with E-state index in [1.54, 1.807) is 0 Å². The maximum absolute atomic E-state index is 9.27. The molecule has 0 bridgehead atoms. The number of para-hydroxylation sites is 1. The summed E-state index contributed by atoms with van der Waals surface area (Å²) in [7, 11) is 1.82. The van der Waals surface area contributed by atoms with Gasteiger partial charge in [-0.15, -0.1) is 0 Å². The molecule has 100 valence electrons. The van der Waals surface area contributed by atoms with E-state index in [1.165, 1.54) is 12.8 Å². The Morgan fingerprint density at radius 3 is 2.79 bits per heavy atom. The van der Waals surface area contributed by atoms with E-state index in [0.717, 1.165) is 16.7 Å². The maximum Gasteiger partial charge on any atom is 0.224 e. The van der Waals surface area contributed by atoms with Crippen molar-refractivity contribution in [3.63, 3.8) is 0 Å². The standard InChI is InChI=1S/C14H18N4O/c1-15-14-16-12-5-3-2-4-11(12)13(17-14)18(8-9-19)10-6-7-10/h2-5,10,19H,6-9H2,1H3,(H,15,16,17). The number of benzene rings is 1. The van der Waals surface area contributed by atoms with Gasteiger partial charge in [0.15, 0.2) is 0 Å². The number of anilines is 2. The molecule has 0 saturated heterocycles. The van der Waals surface area contributed by atoms with Crippen LogP contribution in [0.1, 0.15) is 12.8 Å². The van der Waals surface area contributed by atoms with Crippen LogP contribution in [0.2, 0.25) is 0 Å². The minimum Gasteiger partial charge on any atom is -0.395 e. The molecule has 2 N–H and O–H groups in total. The summed E-state index contributed by atoms with van der Waals surface area (Å²) >= 11 is 0. The lowest BCUT2D eigenvalue weighted by Gasteiger charge is -2.24. The van der Waals surface area contributed by atoms with Crippen LogP contribution in [0.4, 0.5) is 11.8 Å². The van der Waals surface area contributed by atoms with Crippen LogP contribution in [-0.4, -0.2) is 41.3 Å². The Labute approximate surface area is 112 Å². The van der Waals surface area contributed by atoms with E-state index in [9.17, 15) is 5.11 Å². The highest BCUT2D eigenvalue weighted by atomic mass is 16.3. The summed E-state index contributed by atoms with van der Waals surface area (Å²) in [6.07, 6.45) is 2.35. The molecule has 0 aliphatic heterocycles. The lowest BCUT2D eigenvalue weighted by molar-refractivity contribution is 0.301. The van der Waals surface area contributed by atoms with E-state index in [1.807, 2.05) is 31.3 Å². The molecule has 3 rings (SSSR count). The molecule has 0 amide bonds. The average molecular weight is 258 g/mol. The van der Waals surface area contributed by atoms with E-state index in [2.05, 4.69) is 20.2 Å². The van der Waals surface area contributed by atoms with E-state index in [-0.39, 0.29) is 6.61 Å². The van der Waals surface area contributed by atoms with E-state index < -0.39 is 0 Å². The maximum atomic E-state index is 9.27. The van der Waals surface area contributed by atoms with E-state index in [4.69, 9.17) is 0 Å². The molecule has 1 aliphatic rings. The molecule has 1 heterocycles. The van der Waals surface area contributed by atoms with Crippen LogP contribution in [0.3, 0.4) is 0 Å². The molecular formula is C14H18N4O. The van der Waals surface area contributed by atoms with Crippen molar-refractivity contribution in [3.8, 4) is 0 Å². The largest absolute Gasteiger partial charge is 0.395 e. The van der Waals surface area contributed by atoms with Gasteiger partial charge in [-0.2, -0.15) is 4.98 Å². The van der Waals surface area contributed by atoms with Crippen LogP contribution in [0.15, 0.2) is 24.3 Å². The minimum atomic E-state index is 0.143. The quantitative estimate of drug-likeness (QED) is 0.853. The Bertz CT molecular complexity index is 583. The van der Waals surface area contributed by atoms with Crippen molar-refractivity contribution in [2.24, 2.45) is 0 Å². The molecule has 2 aromatic rings. The van der Waals surface area contributed by atoms with Crippen molar-refractivity contribution in [1.29, 1.82) is 0 Å². The molecule has 0 unspecified atom stereocenters. The second-order valence-corrected chi connectivity index (χ2v) is 4.79. The molecule has 0 radical (unpaired) electrons. The Morgan fingerprint density at radius 2 is 2.11 bits per heavy atom. The molecule has 1 aromatic carbocycles. The summed E-state index contributed by atoms with van der Waals surface area (Å²) in [6.45, 7) is 0.762. The highest BCUT2D eigenvalue weighted by Gasteiger charge is 2.30. The predicted molar refractivity (Wildman–Crippen MR) is 76.5 cm³/mol. The number of rotatable bonds is 5. The van der Waals surface area contributed by atoms with Gasteiger partial charge >= 0.3 is 0 Å². The van der Waals surface area contributed by atoms with E-state index in [0.29, 0.717) is 18.5 Å². The van der Waals surface area contributed by atoms with Gasteiger partial charge in [-0.3, -0.25) is 0 Å². The normalized spacial score (nSPS) is 14.6. The van der Waals surface area contributed by atoms with Gasteiger partial charge in [-0.1, -0.05) is 12.1 Å². The van der Waals surface area contributed by atoms with Crippen LogP contribution in [0.5, 0.6) is 0 Å². The molecule has 5 heteroatoms. The number of fused-ring (bicyclic) bond motifs is 1. The Balaban J connectivity index is 2.13. The van der Waals surface area contributed by atoms with Gasteiger partial charge in [-0.25, -0.2) is 4.98 Å². The number of hydrogen-bond donors (Lipinski definition) is 2. The number of nitrogens with zero attached hydrogens (tertiary/aromatic N) is 3. The van der Waals surface area contributed by atoms with Gasteiger partial charge in [0.2, 0.25) is 5.95 Å². The lowest BCUT2D eigenvalue weighted by Crippen LogP contribution is -2.30. The summed E-state index contributed by atoms with van der Waals surface area (Å²) in [5.74, 6) is 1.55. The summed E-state index contributed by atoms with van der Waals surface area (Å²) < 4.78 is 0. The number of nitrogens with one attached hydrogen (secondary N) is 1. The van der Waals surface area contributed by atoms with Gasteiger partial charge in [-0.05, 0) is 25.0 Å². The van der Waals surface area contributed by atoms with Crippen molar-refractivity contribution in [2.75, 3.05) is 30.4 Å². The Morgan fingerprint density at radius 1 is 1.32 bits per heavy atom. The highest BCUT2D eigenvalue weighted by molar-refractivity contribution is 5.90. The third-order valence-corrected chi connectivity index (χ3v) is 3.41. The first kappa shape index (κ1) is 12.2. The highest BCUT2D eigenvalue weighted by Crippen LogP contribution is 2.34. The molecule has 1 aromatic heterocycles. The number of hydrogen-bond acceptors (Lipinski definition) is 5. The second kappa shape index (κ2) is 5.01. The van der Waals surface area contributed by atoms with Crippen LogP contribution < -0.4 is 10.2 Å². The predicted octanol–water partition coefficient (Wildman–Crippen LogP) is 1.63. The van der Waals surface area contributed by atoms with Gasteiger partial charge in [0.05, 0.1) is 12.1 Å². The zero-order valence-corrected chi connectivity index (χ0v) is 11.0. The zero-order chi connectivity index (χ0) is 13.2. The minimum absolute atomic E-state index is 0.143. The summed E-state index contributed by atoms with van der Waals surface area (Å²) in [4.78, 5) is 11.3. The fourth-order valence-corrected chi connectivity index (χ4v) is 2.35. The third kappa shape index (κ3) is 2.33. The molecule has 5 nitrogen and oxygen atoms in total. The number of aliphatic hydroxyl groups is 1. The van der Waals surface area contributed by atoms with Crippen LogP contribution in [-0.2, 0) is 0 Å². The third-order valence-electron chi connectivity index (χ3n) is 3.41. The summed E-state index contributed by atoms with van der Waals surface area (Å²) in [6, 6.07) is 8.52. The van der Waals surface area contributed by atoms with Crippen LogP contribution in [0, 0.1) is 0 Å². The Hall–Kier alpha value is -1.88. The first-order valence-electron chi connectivity index (χ1n) is 6.65. The Kier molecular flexibility index (Phi) is 3.21. The fourth-order valence-electron chi connectivity index (χ4n) is 2.35. The van der Waals surface area contributed by atoms with Crippen molar-refractivity contribution >= 4 is 22.7 Å². The molecular weight excluding hydrogens is 240 g/mol. The van der Waals surface area contributed by atoms with E-state index >= 15 is 0 Å². The fraction of sp³-hybridized carbons (Fsp3) is 0.429. The van der Waals surface area contributed by atoms with Gasteiger partial charge in [0.25, 0.3) is 0 Å². The first-order chi connectivity index (χ1) is 9.33. The van der Waals surface area contributed by atoms with Crippen LogP contribution in [0.25, 0.3) is 10.9 Å². The number of aliphatic hydroxyl groups excluding tert-OH is 1. The lowest BCUT2D eigenvalue weighted by atomic mass is 10.2. The van der Waals surface area contributed by atoms with Crippen LogP contribution >= 0.6 is 0 Å². The van der Waals surface area contributed by atoms with Gasteiger partial charge in [0, 0.05) is 25.0 Å². The second-order valence-electron chi connectivity index (χ2n) is 4.79. The van der Waals surface area contributed by atoms with Crippen molar-refractivity contribution in [3.05, 3.63) is 24.3 Å². The number of aromatic nitrogens is 2. The zero-order valence-electron chi connectivity index (χ0n) is 11.0. The molecule has 0 spiro atoms. The van der Waals surface area contributed by atoms with Crippen molar-refractivity contribution in [1.82, 2.24) is 9.97 Å². The van der Waals surface area contributed by atoms with Crippen molar-refractivity contribution < 1.29 is 5.11 Å². The molecule has 0 atom stereocenters. The van der Waals surface area contributed by atoms with Gasteiger partial charge in [0.1, 0.15) is 5.82 Å². The van der Waals surface area contributed by atoms with Crippen molar-refractivity contribution in [2.45, 2.75) is 18.9 Å². The smallest absolute Gasteiger partial charge is 0.224 e. The molecule has 1 fully saturated rings. The van der Waals surface area contributed by atoms with Gasteiger partial charge < -0.3 is 15.3 Å². The topological polar surface area (TPSA) is 61.3 Å². The SMILES string of the molecule is CNc1nc(N(CCO)C2CC2)c2ccccc2n1. The summed E-state index contributed by atoms with van der Waals surface area (Å²) in [5, 5.41) is 13.3. The molecule has 1 aliphatic carbocycles. The monoisotopic (exact) mass is 258 g/mol.